The highest BCUT2D eigenvalue weighted by Gasteiger charge is 2.07. The second kappa shape index (κ2) is 7.76. The second-order valence-corrected chi connectivity index (χ2v) is 3.96. The van der Waals surface area contributed by atoms with E-state index in [9.17, 15) is 4.79 Å². The Bertz CT molecular complexity index is 160. The van der Waals surface area contributed by atoms with Crippen LogP contribution >= 0.6 is 0 Å². The lowest BCUT2D eigenvalue weighted by Crippen LogP contribution is -2.33. The van der Waals surface area contributed by atoms with Gasteiger partial charge in [0.05, 0.1) is 6.42 Å². The van der Waals surface area contributed by atoms with Crippen LogP contribution in [0.1, 0.15) is 26.7 Å². The van der Waals surface area contributed by atoms with Crippen molar-refractivity contribution in [3.05, 3.63) is 0 Å². The van der Waals surface area contributed by atoms with E-state index in [1.807, 2.05) is 0 Å². The molecule has 0 bridgehead atoms. The Balaban J connectivity index is 3.70. The molecule has 0 aliphatic rings. The molecule has 4 heteroatoms. The Morgan fingerprint density at radius 3 is 2.43 bits per heavy atom. The molecular formula is C10H22N2O2. The lowest BCUT2D eigenvalue weighted by atomic mass is 10.1. The molecule has 0 heterocycles. The summed E-state index contributed by atoms with van der Waals surface area (Å²) in [6, 6.07) is 0. The van der Waals surface area contributed by atoms with Crippen molar-refractivity contribution in [2.45, 2.75) is 26.7 Å². The maximum atomic E-state index is 10.4. The van der Waals surface area contributed by atoms with E-state index in [2.05, 4.69) is 18.7 Å². The van der Waals surface area contributed by atoms with Gasteiger partial charge in [0.15, 0.2) is 0 Å². The summed E-state index contributed by atoms with van der Waals surface area (Å²) in [6.45, 7) is 7.27. The molecule has 0 fully saturated rings. The van der Waals surface area contributed by atoms with Gasteiger partial charge < -0.3 is 15.7 Å². The number of rotatable bonds is 8. The third-order valence-electron chi connectivity index (χ3n) is 2.11. The normalized spacial score (nSPS) is 11.2. The number of aliphatic carboxylic acids is 1. The van der Waals surface area contributed by atoms with Crippen LogP contribution in [0.2, 0.25) is 0 Å². The van der Waals surface area contributed by atoms with E-state index < -0.39 is 5.97 Å². The molecule has 0 radical (unpaired) electrons. The summed E-state index contributed by atoms with van der Waals surface area (Å²) in [5, 5.41) is 8.55. The average molecular weight is 202 g/mol. The maximum absolute atomic E-state index is 10.4. The second-order valence-electron chi connectivity index (χ2n) is 3.96. The zero-order valence-electron chi connectivity index (χ0n) is 9.20. The summed E-state index contributed by atoms with van der Waals surface area (Å²) in [7, 11) is 0. The van der Waals surface area contributed by atoms with Crippen molar-refractivity contribution in [3.8, 4) is 0 Å². The van der Waals surface area contributed by atoms with Crippen LogP contribution in [0.25, 0.3) is 0 Å². The molecule has 0 aromatic rings. The SMILES string of the molecule is CC(C)CCN(CCN)CCC(=O)O. The standard InChI is InChI=1S/C10H22N2O2/c1-9(2)3-6-12(8-5-11)7-4-10(13)14/h9H,3-8,11H2,1-2H3,(H,13,14). The van der Waals surface area contributed by atoms with Gasteiger partial charge in [-0.15, -0.1) is 0 Å². The van der Waals surface area contributed by atoms with Crippen molar-refractivity contribution in [3.63, 3.8) is 0 Å². The molecule has 0 unspecified atom stereocenters. The van der Waals surface area contributed by atoms with Crippen LogP contribution < -0.4 is 5.73 Å². The van der Waals surface area contributed by atoms with E-state index in [0.717, 1.165) is 19.5 Å². The molecule has 0 saturated heterocycles. The third-order valence-corrected chi connectivity index (χ3v) is 2.11. The Morgan fingerprint density at radius 1 is 1.36 bits per heavy atom. The molecule has 14 heavy (non-hydrogen) atoms. The molecule has 0 atom stereocenters. The lowest BCUT2D eigenvalue weighted by molar-refractivity contribution is -0.137. The summed E-state index contributed by atoms with van der Waals surface area (Å²) >= 11 is 0. The Kier molecular flexibility index (Phi) is 7.42. The smallest absolute Gasteiger partial charge is 0.304 e. The monoisotopic (exact) mass is 202 g/mol. The molecule has 0 aromatic carbocycles. The fourth-order valence-electron chi connectivity index (χ4n) is 1.21. The highest BCUT2D eigenvalue weighted by molar-refractivity contribution is 5.66. The van der Waals surface area contributed by atoms with E-state index in [4.69, 9.17) is 10.8 Å². The Hall–Kier alpha value is -0.610. The van der Waals surface area contributed by atoms with Crippen molar-refractivity contribution < 1.29 is 9.90 Å². The van der Waals surface area contributed by atoms with Crippen LogP contribution in [0.5, 0.6) is 0 Å². The first kappa shape index (κ1) is 13.4. The largest absolute Gasteiger partial charge is 0.481 e. The first-order valence-electron chi connectivity index (χ1n) is 5.20. The zero-order valence-corrected chi connectivity index (χ0v) is 9.20. The van der Waals surface area contributed by atoms with E-state index >= 15 is 0 Å². The van der Waals surface area contributed by atoms with Crippen molar-refractivity contribution in [2.75, 3.05) is 26.2 Å². The number of hydrogen-bond acceptors (Lipinski definition) is 3. The van der Waals surface area contributed by atoms with E-state index in [1.165, 1.54) is 0 Å². The van der Waals surface area contributed by atoms with Crippen LogP contribution in [0.4, 0.5) is 0 Å². The maximum Gasteiger partial charge on any atom is 0.304 e. The van der Waals surface area contributed by atoms with E-state index in [-0.39, 0.29) is 6.42 Å². The number of carboxylic acid groups (broad SMARTS) is 1. The molecule has 0 aromatic heterocycles. The summed E-state index contributed by atoms with van der Waals surface area (Å²) in [5.74, 6) is -0.0864. The molecule has 0 aliphatic carbocycles. The van der Waals surface area contributed by atoms with E-state index in [0.29, 0.717) is 19.0 Å². The van der Waals surface area contributed by atoms with Crippen LogP contribution in [0.15, 0.2) is 0 Å². The Labute approximate surface area is 86.1 Å². The fourth-order valence-corrected chi connectivity index (χ4v) is 1.21. The predicted molar refractivity (Wildman–Crippen MR) is 57.2 cm³/mol. The minimum Gasteiger partial charge on any atom is -0.481 e. The molecule has 84 valence electrons. The van der Waals surface area contributed by atoms with Crippen LogP contribution in [-0.2, 0) is 4.79 Å². The minimum atomic E-state index is -0.739. The Morgan fingerprint density at radius 2 is 2.00 bits per heavy atom. The van der Waals surface area contributed by atoms with Gasteiger partial charge in [-0.3, -0.25) is 4.79 Å². The fraction of sp³-hybridized carbons (Fsp3) is 0.900. The van der Waals surface area contributed by atoms with E-state index in [1.54, 1.807) is 0 Å². The lowest BCUT2D eigenvalue weighted by Gasteiger charge is -2.21. The molecule has 3 N–H and O–H groups in total. The molecule has 0 saturated carbocycles. The van der Waals surface area contributed by atoms with Gasteiger partial charge in [-0.05, 0) is 18.9 Å². The molecule has 4 nitrogen and oxygen atoms in total. The predicted octanol–water partition coefficient (Wildman–Crippen LogP) is 0.768. The summed E-state index contributed by atoms with van der Waals surface area (Å²) in [6.07, 6.45) is 1.30. The quantitative estimate of drug-likeness (QED) is 0.610. The average Bonchev–Trinajstić information content (AvgIpc) is 2.09. The molecule has 0 aliphatic heterocycles. The highest BCUT2D eigenvalue weighted by atomic mass is 16.4. The van der Waals surface area contributed by atoms with Crippen LogP contribution in [0, 0.1) is 5.92 Å². The third kappa shape index (κ3) is 8.01. The minimum absolute atomic E-state index is 0.206. The van der Waals surface area contributed by atoms with Gasteiger partial charge in [-0.25, -0.2) is 0 Å². The van der Waals surface area contributed by atoms with Gasteiger partial charge in [0, 0.05) is 19.6 Å². The van der Waals surface area contributed by atoms with Gasteiger partial charge in [0.2, 0.25) is 0 Å². The summed E-state index contributed by atoms with van der Waals surface area (Å²) in [4.78, 5) is 12.5. The van der Waals surface area contributed by atoms with Crippen molar-refractivity contribution >= 4 is 5.97 Å². The summed E-state index contributed by atoms with van der Waals surface area (Å²) < 4.78 is 0. The van der Waals surface area contributed by atoms with Gasteiger partial charge in [-0.2, -0.15) is 0 Å². The van der Waals surface area contributed by atoms with Crippen molar-refractivity contribution in [1.82, 2.24) is 4.90 Å². The number of hydrogen-bond donors (Lipinski definition) is 2. The number of carboxylic acids is 1. The van der Waals surface area contributed by atoms with Gasteiger partial charge >= 0.3 is 5.97 Å². The topological polar surface area (TPSA) is 66.6 Å². The first-order chi connectivity index (χ1) is 6.56. The molecule has 0 rings (SSSR count). The number of nitrogens with zero attached hydrogens (tertiary/aromatic N) is 1. The van der Waals surface area contributed by atoms with Gasteiger partial charge in [-0.1, -0.05) is 13.8 Å². The van der Waals surface area contributed by atoms with Crippen molar-refractivity contribution in [2.24, 2.45) is 11.7 Å². The number of carbonyl (C=O) groups is 1. The van der Waals surface area contributed by atoms with Crippen LogP contribution in [0.3, 0.4) is 0 Å². The zero-order chi connectivity index (χ0) is 11.0. The van der Waals surface area contributed by atoms with Crippen LogP contribution in [-0.4, -0.2) is 42.2 Å². The molecular weight excluding hydrogens is 180 g/mol. The highest BCUT2D eigenvalue weighted by Crippen LogP contribution is 2.02. The molecule has 0 spiro atoms. The number of nitrogens with two attached hydrogens (primary N) is 1. The first-order valence-corrected chi connectivity index (χ1v) is 5.20. The summed E-state index contributed by atoms with van der Waals surface area (Å²) in [5.41, 5.74) is 5.45. The van der Waals surface area contributed by atoms with Gasteiger partial charge in [0.25, 0.3) is 0 Å². The van der Waals surface area contributed by atoms with Crippen molar-refractivity contribution in [1.29, 1.82) is 0 Å². The van der Waals surface area contributed by atoms with Gasteiger partial charge in [0.1, 0.15) is 0 Å². The molecule has 0 amide bonds.